The fraction of sp³-hybridized carbons (Fsp3) is 0.148. The molecule has 314 valence electrons. The van der Waals surface area contributed by atoms with E-state index in [-0.39, 0.29) is 12.1 Å². The van der Waals surface area contributed by atoms with E-state index in [0.29, 0.717) is 0 Å². The third-order valence-corrected chi connectivity index (χ3v) is 14.5. The molecule has 0 amide bonds. The van der Waals surface area contributed by atoms with Crippen molar-refractivity contribution in [1.29, 1.82) is 0 Å². The Morgan fingerprint density at radius 2 is 0.781 bits per heavy atom. The molecule has 2 unspecified atom stereocenters. The highest BCUT2D eigenvalue weighted by Crippen LogP contribution is 2.41. The minimum atomic E-state index is 0.0487. The van der Waals surface area contributed by atoms with Crippen LogP contribution in [0.25, 0.3) is 41.6 Å². The van der Waals surface area contributed by atoms with Gasteiger partial charge in [-0.1, -0.05) is 72.8 Å². The lowest BCUT2D eigenvalue weighted by molar-refractivity contribution is 0.709. The number of anilines is 4. The second kappa shape index (κ2) is 16.5. The van der Waals surface area contributed by atoms with Gasteiger partial charge in [-0.05, 0) is 119 Å². The maximum absolute atomic E-state index is 5.35. The number of rotatable bonds is 10. The molecule has 9 aromatic rings. The van der Waals surface area contributed by atoms with Crippen LogP contribution < -0.4 is 19.8 Å². The molecule has 2 atom stereocenters. The zero-order valence-corrected chi connectivity index (χ0v) is 37.8. The molecule has 0 aliphatic carbocycles. The Bertz CT molecular complexity index is 2880. The zero-order chi connectivity index (χ0) is 43.3. The summed E-state index contributed by atoms with van der Waals surface area (Å²) in [5, 5.41) is 17.2. The average Bonchev–Trinajstić information content (AvgIpc) is 4.17. The smallest absolute Gasteiger partial charge is 0.124 e. The van der Waals surface area contributed by atoms with Crippen LogP contribution in [-0.4, -0.2) is 49.6 Å². The Kier molecular flexibility index (Phi) is 10.2. The molecule has 0 N–H and O–H groups in total. The Morgan fingerprint density at radius 1 is 0.422 bits per heavy atom. The van der Waals surface area contributed by atoms with Crippen LogP contribution in [0.2, 0.25) is 0 Å². The Hall–Kier alpha value is -7.14. The molecule has 2 aliphatic heterocycles. The predicted octanol–water partition coefficient (Wildman–Crippen LogP) is 13.1. The minimum absolute atomic E-state index is 0.0487. The van der Waals surface area contributed by atoms with Crippen molar-refractivity contribution in [3.63, 3.8) is 0 Å². The van der Waals surface area contributed by atoms with Crippen LogP contribution in [-0.2, 0) is 0 Å². The molecule has 2 aromatic heterocycles. The van der Waals surface area contributed by atoms with Gasteiger partial charge in [-0.15, -0.1) is 22.7 Å². The van der Waals surface area contributed by atoms with Crippen LogP contribution >= 0.6 is 22.7 Å². The first-order valence-electron chi connectivity index (χ1n) is 21.6. The number of hydrogen-bond donors (Lipinski definition) is 0. The molecular formula is C54H46N8S2. The third kappa shape index (κ3) is 7.58. The van der Waals surface area contributed by atoms with Crippen molar-refractivity contribution in [2.75, 3.05) is 48.0 Å². The van der Waals surface area contributed by atoms with Crippen molar-refractivity contribution >= 4 is 77.3 Å². The first-order valence-corrected chi connectivity index (χ1v) is 23.3. The Morgan fingerprint density at radius 3 is 1.14 bits per heavy atom. The molecule has 64 heavy (non-hydrogen) atoms. The molecule has 11 rings (SSSR count). The summed E-state index contributed by atoms with van der Waals surface area (Å²) in [6.07, 6.45) is 1.57. The monoisotopic (exact) mass is 870 g/mol. The number of benzene rings is 7. The highest BCUT2D eigenvalue weighted by molar-refractivity contribution is 7.22. The van der Waals surface area contributed by atoms with E-state index in [9.17, 15) is 0 Å². The number of fused-ring (bicyclic) bond motifs is 2. The van der Waals surface area contributed by atoms with Crippen molar-refractivity contribution in [3.05, 3.63) is 192 Å². The van der Waals surface area contributed by atoms with Crippen molar-refractivity contribution in [2.24, 2.45) is 10.2 Å². The van der Waals surface area contributed by atoms with Gasteiger partial charge in [-0.3, -0.25) is 10.0 Å². The topological polar surface area (TPSA) is 63.5 Å². The van der Waals surface area contributed by atoms with Gasteiger partial charge in [0.05, 0.1) is 55.3 Å². The fourth-order valence-electron chi connectivity index (χ4n) is 8.71. The van der Waals surface area contributed by atoms with Gasteiger partial charge in [0.25, 0.3) is 0 Å². The maximum Gasteiger partial charge on any atom is 0.124 e. The summed E-state index contributed by atoms with van der Waals surface area (Å²) in [5.41, 5.74) is 15.6. The second-order valence-electron chi connectivity index (χ2n) is 16.8. The molecule has 10 heteroatoms. The molecule has 0 fully saturated rings. The molecule has 0 radical (unpaired) electrons. The molecule has 2 aliphatic rings. The van der Waals surface area contributed by atoms with Crippen LogP contribution in [0.5, 0.6) is 0 Å². The van der Waals surface area contributed by atoms with E-state index in [1.165, 1.54) is 31.9 Å². The number of hydrazone groups is 2. The van der Waals surface area contributed by atoms with Gasteiger partial charge in [-0.2, -0.15) is 10.2 Å². The highest BCUT2D eigenvalue weighted by atomic mass is 32.1. The van der Waals surface area contributed by atoms with Crippen LogP contribution in [0, 0.1) is 0 Å². The summed E-state index contributed by atoms with van der Waals surface area (Å²) < 4.78 is 2.39. The standard InChI is InChI=1S/C54H46N8S2/c1-59(2)41-25-17-37(18-26-41)49-33-47(57-61(49)43-29-21-39(22-30-43)53-55-45-9-5-7-11-51(45)63-53)35-13-15-36(16-14-35)48-34-50(38-19-27-42(28-20-38)60(3)4)62(58-48)44-31-23-40(24-32-44)54-56-46-10-6-8-12-52(46)64-54/h5-32,49-50H,33-34H2,1-4H3. The molecule has 0 bridgehead atoms. The van der Waals surface area contributed by atoms with E-state index in [1.807, 2.05) is 12.1 Å². The maximum atomic E-state index is 5.35. The van der Waals surface area contributed by atoms with Gasteiger partial charge < -0.3 is 9.80 Å². The summed E-state index contributed by atoms with van der Waals surface area (Å²) >= 11 is 3.45. The van der Waals surface area contributed by atoms with Gasteiger partial charge in [0.1, 0.15) is 10.0 Å². The average molecular weight is 871 g/mol. The number of thiazole rings is 2. The lowest BCUT2D eigenvalue weighted by Crippen LogP contribution is -2.18. The van der Waals surface area contributed by atoms with Crippen molar-refractivity contribution in [1.82, 2.24) is 9.97 Å². The quantitative estimate of drug-likeness (QED) is 0.136. The van der Waals surface area contributed by atoms with Gasteiger partial charge in [0.2, 0.25) is 0 Å². The summed E-state index contributed by atoms with van der Waals surface area (Å²) in [6.45, 7) is 0. The van der Waals surface area contributed by atoms with Crippen LogP contribution in [0.15, 0.2) is 180 Å². The zero-order valence-electron chi connectivity index (χ0n) is 36.1. The molecule has 8 nitrogen and oxygen atoms in total. The summed E-state index contributed by atoms with van der Waals surface area (Å²) in [6, 6.07) is 60.8. The molecule has 0 spiro atoms. The van der Waals surface area contributed by atoms with Crippen LogP contribution in [0.4, 0.5) is 22.7 Å². The van der Waals surface area contributed by atoms with E-state index in [2.05, 4.69) is 206 Å². The fourth-order valence-corrected chi connectivity index (χ4v) is 10.7. The van der Waals surface area contributed by atoms with Gasteiger partial charge in [-0.25, -0.2) is 9.97 Å². The van der Waals surface area contributed by atoms with E-state index in [0.717, 1.165) is 78.9 Å². The Balaban J connectivity index is 0.889. The first-order chi connectivity index (χ1) is 31.3. The summed E-state index contributed by atoms with van der Waals surface area (Å²) in [5.74, 6) is 0. The van der Waals surface area contributed by atoms with Crippen molar-refractivity contribution < 1.29 is 0 Å². The first kappa shape index (κ1) is 39.7. The van der Waals surface area contributed by atoms with E-state index < -0.39 is 0 Å². The summed E-state index contributed by atoms with van der Waals surface area (Å²) in [4.78, 5) is 14.1. The Labute approximate surface area is 381 Å². The second-order valence-corrected chi connectivity index (χ2v) is 18.9. The molecule has 4 heterocycles. The third-order valence-electron chi connectivity index (χ3n) is 12.3. The van der Waals surface area contributed by atoms with E-state index >= 15 is 0 Å². The van der Waals surface area contributed by atoms with Gasteiger partial charge >= 0.3 is 0 Å². The van der Waals surface area contributed by atoms with Crippen molar-refractivity contribution in [3.8, 4) is 21.1 Å². The largest absolute Gasteiger partial charge is 0.378 e. The minimum Gasteiger partial charge on any atom is -0.378 e. The highest BCUT2D eigenvalue weighted by Gasteiger charge is 2.32. The van der Waals surface area contributed by atoms with Gasteiger partial charge in [0.15, 0.2) is 0 Å². The van der Waals surface area contributed by atoms with Crippen molar-refractivity contribution in [2.45, 2.75) is 24.9 Å². The number of hydrogen-bond acceptors (Lipinski definition) is 10. The number of nitrogens with zero attached hydrogens (tertiary/aromatic N) is 8. The number of para-hydroxylation sites is 2. The van der Waals surface area contributed by atoms with Crippen LogP contribution in [0.3, 0.4) is 0 Å². The molecule has 0 saturated carbocycles. The summed E-state index contributed by atoms with van der Waals surface area (Å²) in [7, 11) is 8.31. The lowest BCUT2D eigenvalue weighted by Gasteiger charge is -2.25. The van der Waals surface area contributed by atoms with Gasteiger partial charge in [0, 0.05) is 63.5 Å². The molecule has 0 saturated heterocycles. The lowest BCUT2D eigenvalue weighted by atomic mass is 9.95. The molecule has 7 aromatic carbocycles. The normalized spacial score (nSPS) is 16.1. The van der Waals surface area contributed by atoms with E-state index in [1.54, 1.807) is 22.7 Å². The number of aromatic nitrogens is 2. The van der Waals surface area contributed by atoms with Crippen LogP contribution in [0.1, 0.15) is 47.2 Å². The van der Waals surface area contributed by atoms with E-state index in [4.69, 9.17) is 20.2 Å². The molecular weight excluding hydrogens is 825 g/mol. The predicted molar refractivity (Wildman–Crippen MR) is 271 cm³/mol. The SMILES string of the molecule is CN(C)c1ccc(C2CC(c3ccc(C4=NN(c5ccc(-c6nc7ccccc7s6)cc5)C(c5ccc(N(C)C)cc5)C4)cc3)=NN2c2ccc(-c3nc4ccccc4s3)cc2)cc1.